The van der Waals surface area contributed by atoms with Gasteiger partial charge in [-0.3, -0.25) is 9.59 Å². The summed E-state index contributed by atoms with van der Waals surface area (Å²) < 4.78 is 10.2. The van der Waals surface area contributed by atoms with Crippen molar-refractivity contribution in [3.05, 3.63) is 11.8 Å². The molecule has 1 heterocycles. The molecule has 0 bridgehead atoms. The molecule has 4 nitrogen and oxygen atoms in total. The summed E-state index contributed by atoms with van der Waals surface area (Å²) in [5.74, 6) is 0.291. The molecule has 0 unspecified atom stereocenters. The summed E-state index contributed by atoms with van der Waals surface area (Å²) in [7, 11) is 0. The summed E-state index contributed by atoms with van der Waals surface area (Å²) in [6.45, 7) is 2.23. The predicted molar refractivity (Wildman–Crippen MR) is 58.5 cm³/mol. The summed E-state index contributed by atoms with van der Waals surface area (Å²) in [6.07, 6.45) is 5.22. The molecule has 0 amide bonds. The average molecular weight is 226 g/mol. The molecule has 1 aliphatic heterocycles. The highest BCUT2D eigenvalue weighted by molar-refractivity contribution is 5.71. The van der Waals surface area contributed by atoms with Crippen LogP contribution in [0, 0.1) is 0 Å². The molecule has 0 atom stereocenters. The van der Waals surface area contributed by atoms with E-state index in [4.69, 9.17) is 9.47 Å². The predicted octanol–water partition coefficient (Wildman–Crippen LogP) is 2.33. The van der Waals surface area contributed by atoms with Crippen molar-refractivity contribution in [3.63, 3.8) is 0 Å². The number of rotatable bonds is 0. The molecule has 0 aromatic rings. The van der Waals surface area contributed by atoms with Crippen LogP contribution in [0.2, 0.25) is 0 Å². The normalized spacial score (nSPS) is 22.9. The molecule has 1 saturated heterocycles. The lowest BCUT2D eigenvalue weighted by molar-refractivity contribution is -0.145. The third-order valence-electron chi connectivity index (χ3n) is 2.41. The van der Waals surface area contributed by atoms with Gasteiger partial charge in [-0.25, -0.2) is 0 Å². The van der Waals surface area contributed by atoms with E-state index < -0.39 is 0 Å². The Morgan fingerprint density at radius 1 is 1.00 bits per heavy atom. The molecule has 4 heteroatoms. The molecule has 1 rings (SSSR count). The number of hydrogen-bond donors (Lipinski definition) is 0. The van der Waals surface area contributed by atoms with Gasteiger partial charge in [0.15, 0.2) is 0 Å². The number of cyclic esters (lactones) is 2. The van der Waals surface area contributed by atoms with Gasteiger partial charge in [0.2, 0.25) is 0 Å². The van der Waals surface area contributed by atoms with Crippen molar-refractivity contribution in [2.24, 2.45) is 0 Å². The van der Waals surface area contributed by atoms with E-state index in [2.05, 4.69) is 0 Å². The first-order valence-corrected chi connectivity index (χ1v) is 5.74. The smallest absolute Gasteiger partial charge is 0.310 e. The van der Waals surface area contributed by atoms with Gasteiger partial charge < -0.3 is 9.47 Å². The van der Waals surface area contributed by atoms with E-state index in [-0.39, 0.29) is 11.9 Å². The van der Waals surface area contributed by atoms with Crippen molar-refractivity contribution >= 4 is 11.9 Å². The number of ether oxygens (including phenoxy) is 2. The zero-order valence-electron chi connectivity index (χ0n) is 9.66. The Bertz CT molecular complexity index is 281. The molecule has 16 heavy (non-hydrogen) atoms. The molecule has 0 spiro atoms. The van der Waals surface area contributed by atoms with Crippen LogP contribution in [0.4, 0.5) is 0 Å². The fourth-order valence-corrected chi connectivity index (χ4v) is 1.49. The number of hydrogen-bond acceptors (Lipinski definition) is 4. The summed E-state index contributed by atoms with van der Waals surface area (Å²) in [4.78, 5) is 22.5. The molecule has 1 aliphatic rings. The molecule has 0 aromatic heterocycles. The van der Waals surface area contributed by atoms with E-state index in [0.717, 1.165) is 0 Å². The van der Waals surface area contributed by atoms with Crippen LogP contribution in [0.25, 0.3) is 0 Å². The molecule has 90 valence electrons. The molecule has 1 fully saturated rings. The van der Waals surface area contributed by atoms with Gasteiger partial charge >= 0.3 is 11.9 Å². The Morgan fingerprint density at radius 2 is 1.69 bits per heavy atom. The standard InChI is InChI=1S/C12H18O4/c1-2-10-6-5-9-15-11(13)7-3-4-8-12(14)16-10/h2H,3-9H2,1H3. The molecular formula is C12H18O4. The lowest BCUT2D eigenvalue weighted by Crippen LogP contribution is -2.10. The molecular weight excluding hydrogens is 208 g/mol. The Labute approximate surface area is 95.6 Å². The Kier molecular flexibility index (Phi) is 5.61. The van der Waals surface area contributed by atoms with Crippen molar-refractivity contribution in [1.82, 2.24) is 0 Å². The number of allylic oxidation sites excluding steroid dienone is 2. The second-order valence-corrected chi connectivity index (χ2v) is 3.76. The van der Waals surface area contributed by atoms with E-state index in [1.54, 1.807) is 6.08 Å². The fraction of sp³-hybridized carbons (Fsp3) is 0.667. The van der Waals surface area contributed by atoms with E-state index in [1.807, 2.05) is 6.92 Å². The largest absolute Gasteiger partial charge is 0.466 e. The Hall–Kier alpha value is -1.32. The number of esters is 2. The maximum atomic E-state index is 11.4. The second kappa shape index (κ2) is 7.04. The number of carbonyl (C=O) groups excluding carboxylic acids is 2. The van der Waals surface area contributed by atoms with Crippen LogP contribution >= 0.6 is 0 Å². The highest BCUT2D eigenvalue weighted by Gasteiger charge is 2.10. The first kappa shape index (κ1) is 12.7. The van der Waals surface area contributed by atoms with Crippen LogP contribution in [-0.4, -0.2) is 18.5 Å². The Morgan fingerprint density at radius 3 is 2.38 bits per heavy atom. The zero-order chi connectivity index (χ0) is 11.8. The Balaban J connectivity index is 2.48. The minimum Gasteiger partial charge on any atom is -0.466 e. The minimum absolute atomic E-state index is 0.170. The van der Waals surface area contributed by atoms with Gasteiger partial charge in [0.25, 0.3) is 0 Å². The summed E-state index contributed by atoms with van der Waals surface area (Å²) >= 11 is 0. The maximum absolute atomic E-state index is 11.4. The van der Waals surface area contributed by atoms with E-state index in [0.29, 0.717) is 50.9 Å². The van der Waals surface area contributed by atoms with Gasteiger partial charge in [-0.05, 0) is 32.3 Å². The zero-order valence-corrected chi connectivity index (χ0v) is 9.66. The average Bonchev–Trinajstić information content (AvgIpc) is 2.27. The molecule has 0 saturated carbocycles. The van der Waals surface area contributed by atoms with Crippen LogP contribution in [0.1, 0.15) is 45.4 Å². The van der Waals surface area contributed by atoms with E-state index >= 15 is 0 Å². The third-order valence-corrected chi connectivity index (χ3v) is 2.41. The van der Waals surface area contributed by atoms with Gasteiger partial charge in [0.05, 0.1) is 6.61 Å². The van der Waals surface area contributed by atoms with Crippen molar-refractivity contribution in [1.29, 1.82) is 0 Å². The topological polar surface area (TPSA) is 52.6 Å². The van der Waals surface area contributed by atoms with Crippen LogP contribution in [0.15, 0.2) is 11.8 Å². The van der Waals surface area contributed by atoms with E-state index in [1.165, 1.54) is 0 Å². The lowest BCUT2D eigenvalue weighted by Gasteiger charge is -2.10. The highest BCUT2D eigenvalue weighted by atomic mass is 16.5. The highest BCUT2D eigenvalue weighted by Crippen LogP contribution is 2.12. The quantitative estimate of drug-likeness (QED) is 0.595. The lowest BCUT2D eigenvalue weighted by atomic mass is 10.2. The monoisotopic (exact) mass is 226 g/mol. The van der Waals surface area contributed by atoms with Gasteiger partial charge in [0, 0.05) is 19.3 Å². The third kappa shape index (κ3) is 4.96. The van der Waals surface area contributed by atoms with Crippen molar-refractivity contribution < 1.29 is 19.1 Å². The first-order chi connectivity index (χ1) is 7.72. The number of carbonyl (C=O) groups is 2. The maximum Gasteiger partial charge on any atom is 0.310 e. The van der Waals surface area contributed by atoms with Gasteiger partial charge in [-0.2, -0.15) is 0 Å². The summed E-state index contributed by atoms with van der Waals surface area (Å²) in [5.41, 5.74) is 0. The minimum atomic E-state index is -0.206. The van der Waals surface area contributed by atoms with Gasteiger partial charge in [-0.1, -0.05) is 0 Å². The van der Waals surface area contributed by atoms with Crippen LogP contribution in [0.5, 0.6) is 0 Å². The van der Waals surface area contributed by atoms with Gasteiger partial charge in [-0.15, -0.1) is 0 Å². The van der Waals surface area contributed by atoms with Crippen molar-refractivity contribution in [2.75, 3.05) is 6.61 Å². The molecule has 0 aliphatic carbocycles. The van der Waals surface area contributed by atoms with Crippen LogP contribution in [0.3, 0.4) is 0 Å². The van der Waals surface area contributed by atoms with Crippen molar-refractivity contribution in [3.8, 4) is 0 Å². The molecule has 0 N–H and O–H groups in total. The van der Waals surface area contributed by atoms with Crippen LogP contribution < -0.4 is 0 Å². The molecule has 0 aromatic carbocycles. The van der Waals surface area contributed by atoms with Crippen LogP contribution in [-0.2, 0) is 19.1 Å². The first-order valence-electron chi connectivity index (χ1n) is 5.74. The second-order valence-electron chi connectivity index (χ2n) is 3.76. The molecule has 0 radical (unpaired) electrons. The summed E-state index contributed by atoms with van der Waals surface area (Å²) in [5, 5.41) is 0. The van der Waals surface area contributed by atoms with Crippen molar-refractivity contribution in [2.45, 2.75) is 45.4 Å². The van der Waals surface area contributed by atoms with Gasteiger partial charge in [0.1, 0.15) is 5.76 Å². The summed E-state index contributed by atoms with van der Waals surface area (Å²) in [6, 6.07) is 0. The van der Waals surface area contributed by atoms with E-state index in [9.17, 15) is 9.59 Å². The SMILES string of the molecule is CC=C1CCCOC(=O)CCCCC(=O)O1. The fourth-order valence-electron chi connectivity index (χ4n) is 1.49.